The van der Waals surface area contributed by atoms with Gasteiger partial charge in [-0.2, -0.15) is 0 Å². The lowest BCUT2D eigenvalue weighted by molar-refractivity contribution is -0.142. The molecule has 15 heavy (non-hydrogen) atoms. The van der Waals surface area contributed by atoms with Crippen molar-refractivity contribution < 1.29 is 9.90 Å². The molecule has 1 rings (SSSR count). The highest BCUT2D eigenvalue weighted by Gasteiger charge is 2.26. The van der Waals surface area contributed by atoms with E-state index < -0.39 is 11.5 Å². The number of unbranched alkanes of at least 4 members (excludes halogenated alkanes) is 1. The zero-order valence-electron chi connectivity index (χ0n) is 8.89. The predicted molar refractivity (Wildman–Crippen MR) is 56.3 cm³/mol. The first-order valence-corrected chi connectivity index (χ1v) is 5.00. The SMILES string of the molecule is CC(N)(CCCCn1ccnc1)C(=O)O. The highest BCUT2D eigenvalue weighted by molar-refractivity contribution is 5.77. The predicted octanol–water partition coefficient (Wildman–Crippen LogP) is 0.855. The number of hydrogen-bond donors (Lipinski definition) is 2. The molecule has 0 spiro atoms. The number of carboxylic acids is 1. The number of hydrogen-bond acceptors (Lipinski definition) is 3. The number of nitrogens with two attached hydrogens (primary N) is 1. The van der Waals surface area contributed by atoms with Crippen molar-refractivity contribution in [2.75, 3.05) is 0 Å². The van der Waals surface area contributed by atoms with Crippen LogP contribution in [0.2, 0.25) is 0 Å². The maximum absolute atomic E-state index is 10.7. The van der Waals surface area contributed by atoms with E-state index in [-0.39, 0.29) is 0 Å². The highest BCUT2D eigenvalue weighted by atomic mass is 16.4. The van der Waals surface area contributed by atoms with Crippen LogP contribution in [-0.2, 0) is 11.3 Å². The minimum Gasteiger partial charge on any atom is -0.480 e. The number of carbonyl (C=O) groups is 1. The van der Waals surface area contributed by atoms with E-state index in [4.69, 9.17) is 10.8 Å². The van der Waals surface area contributed by atoms with Gasteiger partial charge in [0.25, 0.3) is 0 Å². The number of aromatic nitrogens is 2. The minimum atomic E-state index is -1.10. The number of rotatable bonds is 6. The van der Waals surface area contributed by atoms with Crippen LogP contribution in [0.5, 0.6) is 0 Å². The van der Waals surface area contributed by atoms with Gasteiger partial charge in [0, 0.05) is 18.9 Å². The molecule has 3 N–H and O–H groups in total. The van der Waals surface area contributed by atoms with E-state index in [2.05, 4.69) is 4.98 Å². The van der Waals surface area contributed by atoms with Gasteiger partial charge in [-0.1, -0.05) is 0 Å². The molecule has 0 amide bonds. The monoisotopic (exact) mass is 211 g/mol. The Bertz CT molecular complexity index is 306. The van der Waals surface area contributed by atoms with Gasteiger partial charge < -0.3 is 15.4 Å². The molecule has 0 saturated carbocycles. The molecule has 84 valence electrons. The summed E-state index contributed by atoms with van der Waals surface area (Å²) in [6, 6.07) is 0. The van der Waals surface area contributed by atoms with Crippen molar-refractivity contribution in [3.63, 3.8) is 0 Å². The third-order valence-electron chi connectivity index (χ3n) is 2.41. The molecule has 0 aliphatic heterocycles. The summed E-state index contributed by atoms with van der Waals surface area (Å²) in [7, 11) is 0. The summed E-state index contributed by atoms with van der Waals surface area (Å²) in [5, 5.41) is 8.78. The summed E-state index contributed by atoms with van der Waals surface area (Å²) in [6.45, 7) is 2.41. The van der Waals surface area contributed by atoms with Gasteiger partial charge in [0.2, 0.25) is 0 Å². The second-order valence-corrected chi connectivity index (χ2v) is 3.98. The van der Waals surface area contributed by atoms with Crippen molar-refractivity contribution >= 4 is 5.97 Å². The Morgan fingerprint density at radius 1 is 1.60 bits per heavy atom. The molecule has 0 fully saturated rings. The van der Waals surface area contributed by atoms with E-state index in [1.165, 1.54) is 0 Å². The fourth-order valence-electron chi connectivity index (χ4n) is 1.31. The van der Waals surface area contributed by atoms with Gasteiger partial charge in [0.05, 0.1) is 6.33 Å². The fourth-order valence-corrected chi connectivity index (χ4v) is 1.31. The number of imidazole rings is 1. The lowest BCUT2D eigenvalue weighted by Crippen LogP contribution is -2.44. The van der Waals surface area contributed by atoms with Crippen LogP contribution in [-0.4, -0.2) is 26.2 Å². The molecular formula is C10H17N3O2. The molecule has 0 saturated heterocycles. The van der Waals surface area contributed by atoms with Gasteiger partial charge in [-0.05, 0) is 26.2 Å². The first kappa shape index (κ1) is 11.7. The largest absolute Gasteiger partial charge is 0.480 e. The average molecular weight is 211 g/mol. The van der Waals surface area contributed by atoms with Gasteiger partial charge in [-0.3, -0.25) is 4.79 Å². The molecule has 1 atom stereocenters. The summed E-state index contributed by atoms with van der Waals surface area (Å²) in [5.41, 5.74) is 4.50. The van der Waals surface area contributed by atoms with Crippen LogP contribution in [0.1, 0.15) is 26.2 Å². The third-order valence-corrected chi connectivity index (χ3v) is 2.41. The normalized spacial score (nSPS) is 14.8. The molecule has 1 heterocycles. The van der Waals surface area contributed by atoms with Gasteiger partial charge in [-0.15, -0.1) is 0 Å². The number of aliphatic carboxylic acids is 1. The van der Waals surface area contributed by atoms with E-state index in [1.54, 1.807) is 19.4 Å². The van der Waals surface area contributed by atoms with Crippen LogP contribution in [0.4, 0.5) is 0 Å². The average Bonchev–Trinajstić information content (AvgIpc) is 2.64. The zero-order chi connectivity index (χ0) is 11.3. The quantitative estimate of drug-likeness (QED) is 0.684. The van der Waals surface area contributed by atoms with E-state index in [0.717, 1.165) is 19.4 Å². The summed E-state index contributed by atoms with van der Waals surface area (Å²) in [4.78, 5) is 14.6. The van der Waals surface area contributed by atoms with E-state index in [9.17, 15) is 4.79 Å². The molecule has 0 aromatic carbocycles. The van der Waals surface area contributed by atoms with Gasteiger partial charge in [0.15, 0.2) is 0 Å². The molecule has 1 aromatic rings. The van der Waals surface area contributed by atoms with Crippen molar-refractivity contribution in [1.82, 2.24) is 9.55 Å². The number of carboxylic acid groups (broad SMARTS) is 1. The fraction of sp³-hybridized carbons (Fsp3) is 0.600. The smallest absolute Gasteiger partial charge is 0.323 e. The standard InChI is InChI=1S/C10H17N3O2/c1-10(11,9(14)15)4-2-3-6-13-7-5-12-8-13/h5,7-8H,2-4,6,11H2,1H3,(H,14,15). The maximum atomic E-state index is 10.7. The van der Waals surface area contributed by atoms with Crippen molar-refractivity contribution in [3.8, 4) is 0 Å². The number of nitrogens with zero attached hydrogens (tertiary/aromatic N) is 2. The van der Waals surface area contributed by atoms with E-state index >= 15 is 0 Å². The molecule has 0 aliphatic carbocycles. The second-order valence-electron chi connectivity index (χ2n) is 3.98. The molecule has 5 heteroatoms. The molecule has 0 radical (unpaired) electrons. The van der Waals surface area contributed by atoms with Crippen LogP contribution < -0.4 is 5.73 Å². The molecule has 1 aromatic heterocycles. The number of aryl methyl sites for hydroxylation is 1. The Morgan fingerprint density at radius 3 is 2.87 bits per heavy atom. The van der Waals surface area contributed by atoms with Crippen LogP contribution in [0.15, 0.2) is 18.7 Å². The molecule has 0 aliphatic rings. The Balaban J connectivity index is 2.19. The van der Waals surface area contributed by atoms with E-state index in [0.29, 0.717) is 6.42 Å². The summed E-state index contributed by atoms with van der Waals surface area (Å²) < 4.78 is 1.97. The van der Waals surface area contributed by atoms with Gasteiger partial charge in [0.1, 0.15) is 5.54 Å². The zero-order valence-corrected chi connectivity index (χ0v) is 8.89. The van der Waals surface area contributed by atoms with Crippen LogP contribution in [0, 0.1) is 0 Å². The minimum absolute atomic E-state index is 0.497. The van der Waals surface area contributed by atoms with Crippen molar-refractivity contribution in [2.24, 2.45) is 5.73 Å². The lowest BCUT2D eigenvalue weighted by Gasteiger charge is -2.18. The third kappa shape index (κ3) is 3.71. The molecule has 1 unspecified atom stereocenters. The summed E-state index contributed by atoms with van der Waals surface area (Å²) in [5.74, 6) is -0.940. The first-order valence-electron chi connectivity index (χ1n) is 5.00. The van der Waals surface area contributed by atoms with Crippen LogP contribution in [0.3, 0.4) is 0 Å². The second kappa shape index (κ2) is 4.93. The Labute approximate surface area is 88.9 Å². The van der Waals surface area contributed by atoms with Crippen LogP contribution >= 0.6 is 0 Å². The molecule has 0 bridgehead atoms. The van der Waals surface area contributed by atoms with Crippen molar-refractivity contribution in [1.29, 1.82) is 0 Å². The summed E-state index contributed by atoms with van der Waals surface area (Å²) in [6.07, 6.45) is 7.58. The highest BCUT2D eigenvalue weighted by Crippen LogP contribution is 2.11. The first-order chi connectivity index (χ1) is 7.02. The topological polar surface area (TPSA) is 81.1 Å². The maximum Gasteiger partial charge on any atom is 0.323 e. The summed E-state index contributed by atoms with van der Waals surface area (Å²) >= 11 is 0. The van der Waals surface area contributed by atoms with Gasteiger partial charge in [-0.25, -0.2) is 4.98 Å². The Morgan fingerprint density at radius 2 is 2.33 bits per heavy atom. The van der Waals surface area contributed by atoms with E-state index in [1.807, 2.05) is 10.8 Å². The van der Waals surface area contributed by atoms with Gasteiger partial charge >= 0.3 is 5.97 Å². The molecule has 5 nitrogen and oxygen atoms in total. The Kier molecular flexibility index (Phi) is 3.85. The van der Waals surface area contributed by atoms with Crippen molar-refractivity contribution in [2.45, 2.75) is 38.3 Å². The van der Waals surface area contributed by atoms with Crippen LogP contribution in [0.25, 0.3) is 0 Å². The van der Waals surface area contributed by atoms with Crippen molar-refractivity contribution in [3.05, 3.63) is 18.7 Å². The lowest BCUT2D eigenvalue weighted by atomic mass is 9.96. The Hall–Kier alpha value is -1.36. The molecular weight excluding hydrogens is 194 g/mol.